The van der Waals surface area contributed by atoms with Gasteiger partial charge in [0.2, 0.25) is 5.91 Å². The van der Waals surface area contributed by atoms with Crippen molar-refractivity contribution in [3.8, 4) is 0 Å². The van der Waals surface area contributed by atoms with Gasteiger partial charge in [0.25, 0.3) is 0 Å². The summed E-state index contributed by atoms with van der Waals surface area (Å²) in [6, 6.07) is 10.2. The van der Waals surface area contributed by atoms with E-state index in [-0.39, 0.29) is 12.1 Å². The van der Waals surface area contributed by atoms with Gasteiger partial charge in [0.1, 0.15) is 0 Å². The van der Waals surface area contributed by atoms with Crippen molar-refractivity contribution in [1.29, 1.82) is 0 Å². The lowest BCUT2D eigenvalue weighted by Gasteiger charge is -2.45. The topological polar surface area (TPSA) is 44.4 Å². The fourth-order valence-corrected chi connectivity index (χ4v) is 3.79. The van der Waals surface area contributed by atoms with Crippen molar-refractivity contribution in [1.82, 2.24) is 10.2 Å². The van der Waals surface area contributed by atoms with E-state index in [2.05, 4.69) is 10.6 Å². The minimum Gasteiger partial charge on any atom is -0.324 e. The molecule has 0 aliphatic carbocycles. The molecule has 174 valence electrons. The number of piperazine rings is 1. The molecule has 2 N–H and O–H groups in total. The van der Waals surface area contributed by atoms with E-state index in [0.29, 0.717) is 31.8 Å². The Morgan fingerprint density at radius 2 is 1.53 bits per heavy atom. The van der Waals surface area contributed by atoms with Crippen molar-refractivity contribution in [2.45, 2.75) is 37.8 Å². The molecule has 1 atom stereocenters. The molecular formula is C22H23F6N3O. The lowest BCUT2D eigenvalue weighted by molar-refractivity contribution is -0.143. The third kappa shape index (κ3) is 5.24. The highest BCUT2D eigenvalue weighted by Gasteiger charge is 2.41. The first-order valence-electron chi connectivity index (χ1n) is 9.93. The van der Waals surface area contributed by atoms with Crippen LogP contribution in [-0.4, -0.2) is 36.0 Å². The number of carbonyl (C=O) groups excluding carboxylic acids is 1. The molecule has 1 amide bonds. The molecule has 0 aromatic heterocycles. The third-order valence-electron chi connectivity index (χ3n) is 5.55. The summed E-state index contributed by atoms with van der Waals surface area (Å²) in [5.74, 6) is -0.701. The van der Waals surface area contributed by atoms with Crippen LogP contribution in [-0.2, 0) is 17.1 Å². The first-order valence-corrected chi connectivity index (χ1v) is 9.93. The van der Waals surface area contributed by atoms with Gasteiger partial charge in [-0.2, -0.15) is 26.3 Å². The van der Waals surface area contributed by atoms with Gasteiger partial charge in [-0.15, -0.1) is 0 Å². The Morgan fingerprint density at radius 1 is 0.969 bits per heavy atom. The molecule has 0 bridgehead atoms. The maximum Gasteiger partial charge on any atom is 0.416 e. The fourth-order valence-electron chi connectivity index (χ4n) is 3.79. The van der Waals surface area contributed by atoms with Crippen LogP contribution in [0.5, 0.6) is 0 Å². The monoisotopic (exact) mass is 459 g/mol. The van der Waals surface area contributed by atoms with Crippen molar-refractivity contribution in [3.63, 3.8) is 0 Å². The summed E-state index contributed by atoms with van der Waals surface area (Å²) >= 11 is 0. The zero-order valence-electron chi connectivity index (χ0n) is 17.4. The van der Waals surface area contributed by atoms with Crippen LogP contribution < -0.4 is 10.6 Å². The quantitative estimate of drug-likeness (QED) is 0.627. The predicted molar refractivity (Wildman–Crippen MR) is 108 cm³/mol. The van der Waals surface area contributed by atoms with Crippen LogP contribution in [0.25, 0.3) is 0 Å². The average molecular weight is 459 g/mol. The van der Waals surface area contributed by atoms with Gasteiger partial charge in [-0.25, -0.2) is 0 Å². The average Bonchev–Trinajstić information content (AvgIpc) is 2.73. The minimum atomic E-state index is -4.99. The number of anilines is 1. The van der Waals surface area contributed by atoms with Gasteiger partial charge in [-0.1, -0.05) is 30.3 Å². The summed E-state index contributed by atoms with van der Waals surface area (Å²) < 4.78 is 78.9. The van der Waals surface area contributed by atoms with Crippen LogP contribution in [0, 0.1) is 0 Å². The van der Waals surface area contributed by atoms with E-state index in [1.807, 2.05) is 35.2 Å². The highest BCUT2D eigenvalue weighted by molar-refractivity contribution is 5.97. The molecular weight excluding hydrogens is 436 g/mol. The Morgan fingerprint density at radius 3 is 2.06 bits per heavy atom. The van der Waals surface area contributed by atoms with Gasteiger partial charge in [0.15, 0.2) is 0 Å². The van der Waals surface area contributed by atoms with E-state index in [1.165, 1.54) is 0 Å². The molecule has 0 saturated carbocycles. The molecule has 1 aliphatic heterocycles. The van der Waals surface area contributed by atoms with Gasteiger partial charge in [0.05, 0.1) is 16.7 Å². The summed E-state index contributed by atoms with van der Waals surface area (Å²) in [4.78, 5) is 15.0. The van der Waals surface area contributed by atoms with Crippen molar-refractivity contribution < 1.29 is 31.1 Å². The maximum atomic E-state index is 13.1. The van der Waals surface area contributed by atoms with Gasteiger partial charge < -0.3 is 10.6 Å². The van der Waals surface area contributed by atoms with Crippen LogP contribution in [0.2, 0.25) is 0 Å². The third-order valence-corrected chi connectivity index (χ3v) is 5.55. The number of rotatable bonds is 4. The number of hydrogen-bond donors (Lipinski definition) is 2. The second kappa shape index (κ2) is 8.74. The first-order chi connectivity index (χ1) is 14.8. The number of alkyl halides is 6. The van der Waals surface area contributed by atoms with E-state index >= 15 is 0 Å². The van der Waals surface area contributed by atoms with Crippen molar-refractivity contribution in [2.24, 2.45) is 0 Å². The second-order valence-electron chi connectivity index (χ2n) is 8.13. The number of nitrogens with zero attached hydrogens (tertiary/aromatic N) is 1. The molecule has 32 heavy (non-hydrogen) atoms. The van der Waals surface area contributed by atoms with Crippen molar-refractivity contribution >= 4 is 11.6 Å². The molecule has 4 nitrogen and oxygen atoms in total. The Hall–Kier alpha value is -2.59. The van der Waals surface area contributed by atoms with Gasteiger partial charge >= 0.3 is 12.4 Å². The van der Waals surface area contributed by atoms with Gasteiger partial charge in [-0.05, 0) is 37.6 Å². The molecule has 0 radical (unpaired) electrons. The SMILES string of the molecule is CC(C)(C(=O)Nc1cc(C(F)(F)F)cc(C(F)(F)F)c1)N1CCNCC1c1ccccc1. The normalized spacial score (nSPS) is 18.4. The molecule has 1 heterocycles. The van der Waals surface area contributed by atoms with E-state index in [4.69, 9.17) is 0 Å². The van der Waals surface area contributed by atoms with Crippen LogP contribution in [0.1, 0.15) is 36.6 Å². The summed E-state index contributed by atoms with van der Waals surface area (Å²) in [6.45, 7) is 4.80. The Labute approximate surface area is 181 Å². The van der Waals surface area contributed by atoms with E-state index < -0.39 is 40.6 Å². The second-order valence-corrected chi connectivity index (χ2v) is 8.13. The number of nitrogens with one attached hydrogen (secondary N) is 2. The molecule has 2 aromatic carbocycles. The van der Waals surface area contributed by atoms with E-state index in [1.54, 1.807) is 13.8 Å². The molecule has 1 aliphatic rings. The number of amides is 1. The lowest BCUT2D eigenvalue weighted by Crippen LogP contribution is -2.59. The summed E-state index contributed by atoms with van der Waals surface area (Å²) in [5.41, 5.74) is -3.79. The molecule has 1 saturated heterocycles. The smallest absolute Gasteiger partial charge is 0.324 e. The molecule has 0 spiro atoms. The predicted octanol–water partition coefficient (Wildman–Crippen LogP) is 5.09. The standard InChI is InChI=1S/C22H23F6N3O/c1-20(2,31-9-8-29-13-18(31)14-6-4-3-5-7-14)19(32)30-17-11-15(21(23,24)25)10-16(12-17)22(26,27)28/h3-7,10-12,18,29H,8-9,13H2,1-2H3,(H,30,32). The first kappa shape index (κ1) is 24.1. The fraction of sp³-hybridized carbons (Fsp3) is 0.409. The number of hydrogen-bond acceptors (Lipinski definition) is 3. The molecule has 1 fully saturated rings. The lowest BCUT2D eigenvalue weighted by atomic mass is 9.93. The van der Waals surface area contributed by atoms with Gasteiger partial charge in [0, 0.05) is 31.4 Å². The summed E-state index contributed by atoms with van der Waals surface area (Å²) in [7, 11) is 0. The Kier molecular flexibility index (Phi) is 6.57. The van der Waals surface area contributed by atoms with E-state index in [0.717, 1.165) is 5.56 Å². The Bertz CT molecular complexity index is 924. The molecule has 1 unspecified atom stereocenters. The molecule has 3 rings (SSSR count). The minimum absolute atomic E-state index is 0.0303. The summed E-state index contributed by atoms with van der Waals surface area (Å²) in [6.07, 6.45) is -9.99. The van der Waals surface area contributed by atoms with Crippen molar-refractivity contribution in [3.05, 3.63) is 65.2 Å². The highest BCUT2D eigenvalue weighted by Crippen LogP contribution is 2.38. The van der Waals surface area contributed by atoms with Gasteiger partial charge in [-0.3, -0.25) is 9.69 Å². The van der Waals surface area contributed by atoms with Crippen LogP contribution in [0.15, 0.2) is 48.5 Å². The molecule has 2 aromatic rings. The number of benzene rings is 2. The molecule has 10 heteroatoms. The van der Waals surface area contributed by atoms with Crippen molar-refractivity contribution in [2.75, 3.05) is 25.0 Å². The number of carbonyl (C=O) groups is 1. The zero-order chi connectivity index (χ0) is 23.7. The number of halogens is 6. The Balaban J connectivity index is 1.91. The maximum absolute atomic E-state index is 13.1. The highest BCUT2D eigenvalue weighted by atomic mass is 19.4. The van der Waals surface area contributed by atoms with E-state index in [9.17, 15) is 31.1 Å². The summed E-state index contributed by atoms with van der Waals surface area (Å²) in [5, 5.41) is 5.52. The van der Waals surface area contributed by atoms with Crippen LogP contribution in [0.3, 0.4) is 0 Å². The van der Waals surface area contributed by atoms with Crippen LogP contribution in [0.4, 0.5) is 32.0 Å². The van der Waals surface area contributed by atoms with Crippen LogP contribution >= 0.6 is 0 Å². The zero-order valence-corrected chi connectivity index (χ0v) is 17.4. The largest absolute Gasteiger partial charge is 0.416 e.